The second-order valence-corrected chi connectivity index (χ2v) is 6.90. The van der Waals surface area contributed by atoms with Gasteiger partial charge < -0.3 is 19.9 Å². The molecule has 0 radical (unpaired) electrons. The van der Waals surface area contributed by atoms with Crippen molar-refractivity contribution in [3.8, 4) is 5.75 Å². The van der Waals surface area contributed by atoms with Crippen LogP contribution in [0.2, 0.25) is 0 Å². The maximum atomic E-state index is 5.98. The van der Waals surface area contributed by atoms with Gasteiger partial charge in [-0.2, -0.15) is 0 Å². The maximum Gasteiger partial charge on any atom is 0.191 e. The number of ether oxygens (including phenoxy) is 1. The van der Waals surface area contributed by atoms with Gasteiger partial charge in [0.15, 0.2) is 5.96 Å². The fraction of sp³-hybridized carbons (Fsp3) is 0.364. The van der Waals surface area contributed by atoms with Gasteiger partial charge in [0.1, 0.15) is 24.2 Å². The molecule has 0 bridgehead atoms. The van der Waals surface area contributed by atoms with E-state index in [4.69, 9.17) is 4.74 Å². The molecule has 1 aromatic heterocycles. The summed E-state index contributed by atoms with van der Waals surface area (Å²) < 4.78 is 8.07. The minimum Gasteiger partial charge on any atom is -0.489 e. The molecule has 0 saturated heterocycles. The number of rotatable bonds is 7. The first-order valence-corrected chi connectivity index (χ1v) is 9.72. The number of nitrogens with zero attached hydrogens (tertiary/aromatic N) is 3. The Morgan fingerprint density at radius 1 is 1.17 bits per heavy atom. The molecule has 0 spiro atoms. The van der Waals surface area contributed by atoms with Crippen molar-refractivity contribution in [2.24, 2.45) is 12.0 Å². The average molecular weight is 507 g/mol. The third-order valence-corrected chi connectivity index (χ3v) is 4.49. The number of aromatic nitrogens is 2. The molecule has 0 fully saturated rings. The molecule has 6 nitrogen and oxygen atoms in total. The molecule has 156 valence electrons. The summed E-state index contributed by atoms with van der Waals surface area (Å²) in [5.41, 5.74) is 3.30. The van der Waals surface area contributed by atoms with Gasteiger partial charge >= 0.3 is 0 Å². The van der Waals surface area contributed by atoms with Crippen molar-refractivity contribution in [1.82, 2.24) is 20.2 Å². The Kier molecular flexibility index (Phi) is 8.75. The zero-order chi connectivity index (χ0) is 19.9. The zero-order valence-corrected chi connectivity index (χ0v) is 19.8. The van der Waals surface area contributed by atoms with Crippen LogP contribution in [0.25, 0.3) is 11.0 Å². The van der Waals surface area contributed by atoms with Gasteiger partial charge in [-0.05, 0) is 50.6 Å². The average Bonchev–Trinajstić information content (AvgIpc) is 3.00. The van der Waals surface area contributed by atoms with Crippen LogP contribution in [-0.2, 0) is 13.6 Å². The van der Waals surface area contributed by atoms with Crippen LogP contribution in [0, 0.1) is 6.92 Å². The number of benzene rings is 2. The van der Waals surface area contributed by atoms with Crippen LogP contribution in [0.1, 0.15) is 25.2 Å². The molecule has 3 rings (SSSR count). The molecule has 0 aliphatic rings. The highest BCUT2D eigenvalue weighted by Crippen LogP contribution is 2.15. The molecule has 3 aromatic rings. The van der Waals surface area contributed by atoms with Crippen LogP contribution in [0.15, 0.2) is 53.5 Å². The molecule has 0 amide bonds. The highest BCUT2D eigenvalue weighted by atomic mass is 127. The predicted molar refractivity (Wildman–Crippen MR) is 130 cm³/mol. The molecule has 0 aliphatic carbocycles. The number of aryl methyl sites for hydroxylation is 2. The van der Waals surface area contributed by atoms with Gasteiger partial charge in [-0.1, -0.05) is 24.3 Å². The molecule has 7 heteroatoms. The highest BCUT2D eigenvalue weighted by molar-refractivity contribution is 14.0. The topological polar surface area (TPSA) is 63.5 Å². The number of halogens is 1. The lowest BCUT2D eigenvalue weighted by molar-refractivity contribution is 0.223. The molecule has 1 atom stereocenters. The lowest BCUT2D eigenvalue weighted by atomic mass is 10.2. The van der Waals surface area contributed by atoms with Crippen molar-refractivity contribution in [1.29, 1.82) is 0 Å². The van der Waals surface area contributed by atoms with Crippen molar-refractivity contribution >= 4 is 41.0 Å². The smallest absolute Gasteiger partial charge is 0.191 e. The van der Waals surface area contributed by atoms with Crippen LogP contribution >= 0.6 is 24.0 Å². The molecular weight excluding hydrogens is 477 g/mol. The maximum absolute atomic E-state index is 5.98. The molecule has 1 heterocycles. The Balaban J connectivity index is 0.00000300. The van der Waals surface area contributed by atoms with Gasteiger partial charge in [-0.15, -0.1) is 24.0 Å². The van der Waals surface area contributed by atoms with E-state index in [1.54, 1.807) is 0 Å². The second-order valence-electron chi connectivity index (χ2n) is 6.90. The van der Waals surface area contributed by atoms with Crippen LogP contribution in [0.4, 0.5) is 0 Å². The summed E-state index contributed by atoms with van der Waals surface area (Å²) >= 11 is 0. The Labute approximate surface area is 189 Å². The number of para-hydroxylation sites is 2. The molecular formula is C22H30IN5O. The number of imidazole rings is 1. The fourth-order valence-corrected chi connectivity index (χ4v) is 3.03. The summed E-state index contributed by atoms with van der Waals surface area (Å²) in [7, 11) is 2.03. The summed E-state index contributed by atoms with van der Waals surface area (Å²) in [4.78, 5) is 9.37. The van der Waals surface area contributed by atoms with E-state index in [1.807, 2.05) is 50.4 Å². The van der Waals surface area contributed by atoms with Crippen LogP contribution in [-0.4, -0.2) is 34.7 Å². The fourth-order valence-electron chi connectivity index (χ4n) is 3.03. The summed E-state index contributed by atoms with van der Waals surface area (Å²) in [6.07, 6.45) is 0.0152. The van der Waals surface area contributed by atoms with E-state index in [2.05, 4.69) is 51.2 Å². The third kappa shape index (κ3) is 6.35. The monoisotopic (exact) mass is 507 g/mol. The van der Waals surface area contributed by atoms with E-state index in [1.165, 1.54) is 5.56 Å². The Bertz CT molecular complexity index is 953. The van der Waals surface area contributed by atoms with Crippen LogP contribution in [0.5, 0.6) is 5.75 Å². The van der Waals surface area contributed by atoms with Gasteiger partial charge in [0.05, 0.1) is 17.6 Å². The van der Waals surface area contributed by atoms with Crippen LogP contribution < -0.4 is 15.4 Å². The lowest BCUT2D eigenvalue weighted by Crippen LogP contribution is -2.41. The first kappa shape index (κ1) is 23.0. The first-order chi connectivity index (χ1) is 13.6. The standard InChI is InChI=1S/C22H29N5O.HI/c1-5-23-22(24-14-17(3)28-18-10-8-9-16(2)13-18)25-15-21-26-19-11-6-7-12-20(19)27(21)4;/h6-13,17H,5,14-15H2,1-4H3,(H2,23,24,25);1H. The molecule has 0 saturated carbocycles. The van der Waals surface area contributed by atoms with Crippen LogP contribution in [0.3, 0.4) is 0 Å². The van der Waals surface area contributed by atoms with Gasteiger partial charge in [-0.3, -0.25) is 0 Å². The van der Waals surface area contributed by atoms with E-state index in [-0.39, 0.29) is 30.1 Å². The predicted octanol–water partition coefficient (Wildman–Crippen LogP) is 4.02. The number of aliphatic imine (C=N–C) groups is 1. The zero-order valence-electron chi connectivity index (χ0n) is 17.5. The van der Waals surface area contributed by atoms with Gasteiger partial charge in [0.25, 0.3) is 0 Å². The number of hydrogen-bond donors (Lipinski definition) is 2. The summed E-state index contributed by atoms with van der Waals surface area (Å²) in [6, 6.07) is 16.2. The highest BCUT2D eigenvalue weighted by Gasteiger charge is 2.09. The largest absolute Gasteiger partial charge is 0.489 e. The Morgan fingerprint density at radius 3 is 2.69 bits per heavy atom. The lowest BCUT2D eigenvalue weighted by Gasteiger charge is -2.18. The number of hydrogen-bond acceptors (Lipinski definition) is 3. The van der Waals surface area contributed by atoms with Crippen molar-refractivity contribution < 1.29 is 4.74 Å². The molecule has 2 aromatic carbocycles. The van der Waals surface area contributed by atoms with Gasteiger partial charge in [0, 0.05) is 13.6 Å². The summed E-state index contributed by atoms with van der Waals surface area (Å²) in [5.74, 6) is 2.58. The Hall–Kier alpha value is -2.29. The molecule has 0 aliphatic heterocycles. The molecule has 29 heavy (non-hydrogen) atoms. The van der Waals surface area contributed by atoms with Crippen molar-refractivity contribution in [2.45, 2.75) is 33.4 Å². The van der Waals surface area contributed by atoms with Crippen molar-refractivity contribution in [2.75, 3.05) is 13.1 Å². The van der Waals surface area contributed by atoms with E-state index in [9.17, 15) is 0 Å². The minimum absolute atomic E-state index is 0. The summed E-state index contributed by atoms with van der Waals surface area (Å²) in [6.45, 7) is 8.12. The molecule has 1 unspecified atom stereocenters. The molecule has 2 N–H and O–H groups in total. The van der Waals surface area contributed by atoms with E-state index in [0.717, 1.165) is 35.1 Å². The third-order valence-electron chi connectivity index (χ3n) is 4.49. The Morgan fingerprint density at radius 2 is 1.97 bits per heavy atom. The second kappa shape index (κ2) is 11.0. The van der Waals surface area contributed by atoms with E-state index in [0.29, 0.717) is 13.1 Å². The number of guanidine groups is 1. The van der Waals surface area contributed by atoms with Gasteiger partial charge in [-0.25, -0.2) is 9.98 Å². The normalized spacial score (nSPS) is 12.3. The van der Waals surface area contributed by atoms with Crippen molar-refractivity contribution in [3.05, 3.63) is 59.9 Å². The van der Waals surface area contributed by atoms with Gasteiger partial charge in [0.2, 0.25) is 0 Å². The van der Waals surface area contributed by atoms with E-state index < -0.39 is 0 Å². The first-order valence-electron chi connectivity index (χ1n) is 9.72. The summed E-state index contributed by atoms with van der Waals surface area (Å²) in [5, 5.41) is 6.64. The minimum atomic E-state index is 0. The number of nitrogens with one attached hydrogen (secondary N) is 2. The number of fused-ring (bicyclic) bond motifs is 1. The van der Waals surface area contributed by atoms with Crippen molar-refractivity contribution in [3.63, 3.8) is 0 Å². The SMILES string of the molecule is CCNC(=NCc1nc2ccccc2n1C)NCC(C)Oc1cccc(C)c1.I. The quantitative estimate of drug-likeness (QED) is 0.288. The van der Waals surface area contributed by atoms with E-state index >= 15 is 0 Å².